The normalized spacial score (nSPS) is 21.7. The second-order valence-corrected chi connectivity index (χ2v) is 8.63. The molecule has 166 valence electrons. The van der Waals surface area contributed by atoms with Gasteiger partial charge in [-0.05, 0) is 43.2 Å². The average molecular weight is 442 g/mol. The predicted molar refractivity (Wildman–Crippen MR) is 118 cm³/mol. The van der Waals surface area contributed by atoms with Crippen molar-refractivity contribution < 1.29 is 19.1 Å². The number of carbonyl (C=O) groups excluding carboxylic acids is 3. The number of fused-ring (bicyclic) bond motifs is 3. The number of carbonyl (C=O) groups is 3. The molecule has 3 heterocycles. The van der Waals surface area contributed by atoms with Crippen molar-refractivity contribution in [2.24, 2.45) is 0 Å². The van der Waals surface area contributed by atoms with Gasteiger partial charge >= 0.3 is 5.97 Å². The van der Waals surface area contributed by atoms with Crippen LogP contribution in [0.1, 0.15) is 41.7 Å². The largest absolute Gasteiger partial charge is 0.456 e. The Hall–Kier alpha value is -3.94. The Labute approximate surface area is 190 Å². The summed E-state index contributed by atoms with van der Waals surface area (Å²) >= 11 is 0. The number of anilines is 1. The minimum atomic E-state index is -1.44. The summed E-state index contributed by atoms with van der Waals surface area (Å²) in [5.41, 5.74) is 0.971. The van der Waals surface area contributed by atoms with Crippen molar-refractivity contribution in [2.45, 2.75) is 44.0 Å². The average Bonchev–Trinajstić information content (AvgIpc) is 3.45. The van der Waals surface area contributed by atoms with E-state index in [9.17, 15) is 14.4 Å². The van der Waals surface area contributed by atoms with Gasteiger partial charge in [-0.1, -0.05) is 30.3 Å². The number of amides is 2. The van der Waals surface area contributed by atoms with E-state index >= 15 is 0 Å². The molecule has 2 amide bonds. The number of hydrogen-bond donors (Lipinski definition) is 0. The molecule has 0 N–H and O–H groups in total. The molecule has 2 fully saturated rings. The molecule has 33 heavy (non-hydrogen) atoms. The van der Waals surface area contributed by atoms with Crippen molar-refractivity contribution in [3.8, 4) is 5.69 Å². The molecule has 3 aliphatic rings. The summed E-state index contributed by atoms with van der Waals surface area (Å²) in [5, 5.41) is 4.49. The minimum Gasteiger partial charge on any atom is -0.456 e. The smallest absolute Gasteiger partial charge is 0.354 e. The van der Waals surface area contributed by atoms with Gasteiger partial charge in [0.15, 0.2) is 0 Å². The number of ether oxygens (including phenoxy) is 1. The van der Waals surface area contributed by atoms with Crippen LogP contribution < -0.4 is 4.90 Å². The molecule has 1 saturated heterocycles. The second kappa shape index (κ2) is 7.30. The van der Waals surface area contributed by atoms with Crippen molar-refractivity contribution in [3.05, 3.63) is 78.1 Å². The third-order valence-electron chi connectivity index (χ3n) is 6.55. The highest BCUT2D eigenvalue weighted by molar-refractivity contribution is 6.15. The van der Waals surface area contributed by atoms with Crippen LogP contribution in [0.25, 0.3) is 5.69 Å². The Kier molecular flexibility index (Phi) is 4.36. The minimum absolute atomic E-state index is 0.0448. The molecule has 8 nitrogen and oxygen atoms in total. The molecular weight excluding hydrogens is 420 g/mol. The highest BCUT2D eigenvalue weighted by atomic mass is 16.5. The summed E-state index contributed by atoms with van der Waals surface area (Å²) in [6.07, 6.45) is 3.83. The van der Waals surface area contributed by atoms with Gasteiger partial charge < -0.3 is 9.64 Å². The fourth-order valence-corrected chi connectivity index (χ4v) is 4.93. The number of aromatic nitrogens is 2. The first-order chi connectivity index (χ1) is 16.1. The van der Waals surface area contributed by atoms with Crippen molar-refractivity contribution in [3.63, 3.8) is 0 Å². The molecule has 1 atom stereocenters. The fraction of sp³-hybridized carbons (Fsp3) is 0.280. The summed E-state index contributed by atoms with van der Waals surface area (Å²) in [4.78, 5) is 43.2. The number of hydrogen-bond acceptors (Lipinski definition) is 5. The maximum Gasteiger partial charge on any atom is 0.354 e. The SMILES string of the molecule is O=C1CCC2(C(=O)OCc3ccn(-c4ccccc4)n3)N1c1ccccc1C(=O)N2C1CC1. The van der Waals surface area contributed by atoms with E-state index in [1.807, 2.05) is 30.3 Å². The lowest BCUT2D eigenvalue weighted by molar-refractivity contribution is -0.159. The molecule has 8 heteroatoms. The Balaban J connectivity index is 1.32. The van der Waals surface area contributed by atoms with Gasteiger partial charge in [0.05, 0.1) is 16.9 Å². The molecule has 1 saturated carbocycles. The highest BCUT2D eigenvalue weighted by Gasteiger charge is 2.64. The van der Waals surface area contributed by atoms with Gasteiger partial charge in [0.1, 0.15) is 12.3 Å². The maximum atomic E-state index is 13.7. The molecule has 3 aromatic rings. The van der Waals surface area contributed by atoms with E-state index in [1.54, 1.807) is 46.1 Å². The monoisotopic (exact) mass is 442 g/mol. The van der Waals surface area contributed by atoms with E-state index in [1.165, 1.54) is 4.90 Å². The zero-order chi connectivity index (χ0) is 22.6. The summed E-state index contributed by atoms with van der Waals surface area (Å²) < 4.78 is 7.45. The Morgan fingerprint density at radius 1 is 1.03 bits per heavy atom. The van der Waals surface area contributed by atoms with E-state index in [0.717, 1.165) is 18.5 Å². The summed E-state index contributed by atoms with van der Waals surface area (Å²) in [7, 11) is 0. The van der Waals surface area contributed by atoms with E-state index in [0.29, 0.717) is 16.9 Å². The van der Waals surface area contributed by atoms with Gasteiger partial charge in [0.25, 0.3) is 5.91 Å². The lowest BCUT2D eigenvalue weighted by Gasteiger charge is -2.48. The molecule has 0 radical (unpaired) electrons. The van der Waals surface area contributed by atoms with Crippen molar-refractivity contribution in [1.82, 2.24) is 14.7 Å². The fourth-order valence-electron chi connectivity index (χ4n) is 4.93. The second-order valence-electron chi connectivity index (χ2n) is 8.63. The number of esters is 1. The van der Waals surface area contributed by atoms with Crippen molar-refractivity contribution >= 4 is 23.5 Å². The Morgan fingerprint density at radius 2 is 1.79 bits per heavy atom. The lowest BCUT2D eigenvalue weighted by atomic mass is 9.96. The summed E-state index contributed by atoms with van der Waals surface area (Å²) in [6, 6.07) is 18.3. The van der Waals surface area contributed by atoms with Gasteiger partial charge in [-0.25, -0.2) is 9.48 Å². The van der Waals surface area contributed by atoms with Crippen LogP contribution in [0.15, 0.2) is 66.9 Å². The van der Waals surface area contributed by atoms with Crippen LogP contribution in [0, 0.1) is 0 Å². The van der Waals surface area contributed by atoms with Crippen LogP contribution in [-0.4, -0.2) is 44.2 Å². The number of para-hydroxylation sites is 2. The van der Waals surface area contributed by atoms with Crippen LogP contribution in [0.2, 0.25) is 0 Å². The summed E-state index contributed by atoms with van der Waals surface area (Å²) in [5.74, 6) is -0.979. The topological polar surface area (TPSA) is 84.7 Å². The number of benzene rings is 2. The Bertz CT molecular complexity index is 1270. The first kappa shape index (κ1) is 19.7. The molecular formula is C25H22N4O4. The van der Waals surface area contributed by atoms with Gasteiger partial charge in [0, 0.05) is 25.1 Å². The quantitative estimate of drug-likeness (QED) is 0.567. The maximum absolute atomic E-state index is 13.7. The van der Waals surface area contributed by atoms with Gasteiger partial charge in [0.2, 0.25) is 11.6 Å². The molecule has 1 aliphatic carbocycles. The van der Waals surface area contributed by atoms with Crippen LogP contribution in [-0.2, 0) is 20.9 Å². The molecule has 1 unspecified atom stereocenters. The van der Waals surface area contributed by atoms with E-state index in [2.05, 4.69) is 5.10 Å². The third kappa shape index (κ3) is 2.97. The van der Waals surface area contributed by atoms with Crippen LogP contribution in [0.3, 0.4) is 0 Å². The highest BCUT2D eigenvalue weighted by Crippen LogP contribution is 2.49. The zero-order valence-electron chi connectivity index (χ0n) is 17.9. The van der Waals surface area contributed by atoms with E-state index < -0.39 is 11.6 Å². The van der Waals surface area contributed by atoms with Crippen LogP contribution >= 0.6 is 0 Å². The van der Waals surface area contributed by atoms with Gasteiger partial charge in [-0.3, -0.25) is 14.5 Å². The Morgan fingerprint density at radius 3 is 2.58 bits per heavy atom. The number of rotatable bonds is 5. The van der Waals surface area contributed by atoms with Gasteiger partial charge in [-0.15, -0.1) is 0 Å². The van der Waals surface area contributed by atoms with E-state index in [4.69, 9.17) is 4.74 Å². The predicted octanol–water partition coefficient (Wildman–Crippen LogP) is 3.06. The molecule has 6 rings (SSSR count). The standard InChI is InChI=1S/C25H22N4O4/c30-22-12-14-25(24(32)33-16-17-13-15-27(26-17)18-6-2-1-3-7-18)28(19-10-11-19)23(31)20-8-4-5-9-21(20)29(22)25/h1-9,13,15,19H,10-12,14,16H2. The molecule has 0 spiro atoms. The van der Waals surface area contributed by atoms with Gasteiger partial charge in [-0.2, -0.15) is 5.10 Å². The van der Waals surface area contributed by atoms with Crippen molar-refractivity contribution in [2.75, 3.05) is 4.90 Å². The molecule has 2 aliphatic heterocycles. The van der Waals surface area contributed by atoms with E-state index in [-0.39, 0.29) is 37.3 Å². The van der Waals surface area contributed by atoms with Crippen LogP contribution in [0.4, 0.5) is 5.69 Å². The van der Waals surface area contributed by atoms with Crippen molar-refractivity contribution in [1.29, 1.82) is 0 Å². The zero-order valence-corrected chi connectivity index (χ0v) is 17.9. The van der Waals surface area contributed by atoms with Crippen LogP contribution in [0.5, 0.6) is 0 Å². The first-order valence-corrected chi connectivity index (χ1v) is 11.1. The summed E-state index contributed by atoms with van der Waals surface area (Å²) in [6.45, 7) is -0.0448. The number of nitrogens with zero attached hydrogens (tertiary/aromatic N) is 4. The third-order valence-corrected chi connectivity index (χ3v) is 6.55. The molecule has 0 bridgehead atoms. The molecule has 2 aromatic carbocycles. The lowest BCUT2D eigenvalue weighted by Crippen LogP contribution is -2.69. The molecule has 1 aromatic heterocycles. The first-order valence-electron chi connectivity index (χ1n) is 11.1.